The molecule has 0 aliphatic heterocycles. The molecule has 0 radical (unpaired) electrons. The predicted octanol–water partition coefficient (Wildman–Crippen LogP) is 2.58. The van der Waals surface area contributed by atoms with Crippen molar-refractivity contribution in [3.63, 3.8) is 0 Å². The summed E-state index contributed by atoms with van der Waals surface area (Å²) in [7, 11) is 4.11. The number of hydrogen-bond donors (Lipinski definition) is 2. The molecule has 17 heavy (non-hydrogen) atoms. The lowest BCUT2D eigenvalue weighted by molar-refractivity contribution is 0.400. The Bertz CT molecular complexity index is 369. The second-order valence-corrected chi connectivity index (χ2v) is 4.83. The molecule has 0 spiro atoms. The highest BCUT2D eigenvalue weighted by molar-refractivity contribution is 7.80. The van der Waals surface area contributed by atoms with Gasteiger partial charge in [0.15, 0.2) is 5.11 Å². The minimum atomic E-state index is 0.608. The monoisotopic (exact) mass is 271 g/mol. The van der Waals surface area contributed by atoms with Gasteiger partial charge in [-0.05, 0) is 51.4 Å². The number of anilines is 1. The maximum Gasteiger partial charge on any atom is 0.170 e. The maximum absolute atomic E-state index is 6.01. The molecule has 0 aliphatic rings. The average molecular weight is 272 g/mol. The Morgan fingerprint density at radius 3 is 2.71 bits per heavy atom. The van der Waals surface area contributed by atoms with E-state index in [9.17, 15) is 0 Å². The summed E-state index contributed by atoms with van der Waals surface area (Å²) in [4.78, 5) is 2.15. The predicted molar refractivity (Wildman–Crippen MR) is 78.8 cm³/mol. The van der Waals surface area contributed by atoms with Crippen molar-refractivity contribution in [2.75, 3.05) is 32.5 Å². The Balaban J connectivity index is 2.28. The van der Waals surface area contributed by atoms with Crippen LogP contribution in [0.25, 0.3) is 0 Å². The van der Waals surface area contributed by atoms with E-state index in [2.05, 4.69) is 29.6 Å². The number of benzene rings is 1. The van der Waals surface area contributed by atoms with Gasteiger partial charge in [0.05, 0.1) is 10.7 Å². The van der Waals surface area contributed by atoms with E-state index in [1.807, 2.05) is 24.3 Å². The van der Waals surface area contributed by atoms with E-state index in [0.717, 1.165) is 25.2 Å². The average Bonchev–Trinajstić information content (AvgIpc) is 2.27. The van der Waals surface area contributed by atoms with Gasteiger partial charge in [-0.2, -0.15) is 0 Å². The Kier molecular flexibility index (Phi) is 6.26. The molecule has 0 bridgehead atoms. The lowest BCUT2D eigenvalue weighted by Gasteiger charge is -2.13. The lowest BCUT2D eigenvalue weighted by Crippen LogP contribution is -2.30. The van der Waals surface area contributed by atoms with Crippen LogP contribution in [0.3, 0.4) is 0 Å². The molecule has 3 nitrogen and oxygen atoms in total. The summed E-state index contributed by atoms with van der Waals surface area (Å²) in [6, 6.07) is 7.54. The van der Waals surface area contributed by atoms with E-state index in [1.165, 1.54) is 0 Å². The molecule has 1 aromatic rings. The van der Waals surface area contributed by atoms with Gasteiger partial charge in [-0.1, -0.05) is 23.7 Å². The summed E-state index contributed by atoms with van der Waals surface area (Å²) >= 11 is 11.2. The lowest BCUT2D eigenvalue weighted by atomic mass is 10.3. The van der Waals surface area contributed by atoms with Crippen LogP contribution in [0.1, 0.15) is 6.42 Å². The van der Waals surface area contributed by atoms with Gasteiger partial charge in [0.1, 0.15) is 0 Å². The molecular weight excluding hydrogens is 254 g/mol. The number of halogens is 1. The molecule has 0 atom stereocenters. The first-order valence-corrected chi connectivity index (χ1v) is 6.32. The van der Waals surface area contributed by atoms with Crippen LogP contribution in [0.2, 0.25) is 5.02 Å². The number of nitrogens with one attached hydrogen (secondary N) is 2. The quantitative estimate of drug-likeness (QED) is 0.636. The molecule has 0 aliphatic carbocycles. The molecule has 0 unspecified atom stereocenters. The van der Waals surface area contributed by atoms with Crippen LogP contribution in [-0.4, -0.2) is 37.2 Å². The van der Waals surface area contributed by atoms with Crippen LogP contribution < -0.4 is 10.6 Å². The molecular formula is C12H18ClN3S. The third-order valence-electron chi connectivity index (χ3n) is 2.19. The Morgan fingerprint density at radius 1 is 1.35 bits per heavy atom. The molecule has 0 saturated heterocycles. The van der Waals surface area contributed by atoms with E-state index in [-0.39, 0.29) is 0 Å². The first-order valence-electron chi connectivity index (χ1n) is 5.53. The van der Waals surface area contributed by atoms with Gasteiger partial charge in [-0.15, -0.1) is 0 Å². The molecule has 0 heterocycles. The summed E-state index contributed by atoms with van der Waals surface area (Å²) in [5.74, 6) is 0. The first-order chi connectivity index (χ1) is 8.09. The highest BCUT2D eigenvalue weighted by Crippen LogP contribution is 2.19. The molecule has 0 amide bonds. The number of thiocarbonyl (C=S) groups is 1. The Hall–Kier alpha value is -0.840. The standard InChI is InChI=1S/C12H18ClN3S/c1-16(2)9-5-8-14-12(17)15-11-7-4-3-6-10(11)13/h3-4,6-7H,5,8-9H2,1-2H3,(H2,14,15,17). The number of para-hydroxylation sites is 1. The van der Waals surface area contributed by atoms with E-state index < -0.39 is 0 Å². The van der Waals surface area contributed by atoms with Crippen LogP contribution in [0, 0.1) is 0 Å². The topological polar surface area (TPSA) is 27.3 Å². The van der Waals surface area contributed by atoms with Crippen molar-refractivity contribution >= 4 is 34.6 Å². The van der Waals surface area contributed by atoms with Gasteiger partial charge in [0.25, 0.3) is 0 Å². The van der Waals surface area contributed by atoms with Gasteiger partial charge in [-0.3, -0.25) is 0 Å². The molecule has 2 N–H and O–H groups in total. The molecule has 0 fully saturated rings. The first kappa shape index (κ1) is 14.2. The third kappa shape index (κ3) is 5.86. The van der Waals surface area contributed by atoms with E-state index in [4.69, 9.17) is 23.8 Å². The SMILES string of the molecule is CN(C)CCCNC(=S)Nc1ccccc1Cl. The summed E-state index contributed by atoms with van der Waals surface area (Å²) in [5.41, 5.74) is 0.833. The van der Waals surface area contributed by atoms with Crippen molar-refractivity contribution in [1.82, 2.24) is 10.2 Å². The minimum Gasteiger partial charge on any atom is -0.362 e. The minimum absolute atomic E-state index is 0.608. The number of nitrogens with zero attached hydrogens (tertiary/aromatic N) is 1. The van der Waals surface area contributed by atoms with Crippen LogP contribution in [0.15, 0.2) is 24.3 Å². The zero-order valence-corrected chi connectivity index (χ0v) is 11.7. The maximum atomic E-state index is 6.01. The van der Waals surface area contributed by atoms with Gasteiger partial charge < -0.3 is 15.5 Å². The molecule has 5 heteroatoms. The van der Waals surface area contributed by atoms with Gasteiger partial charge in [0.2, 0.25) is 0 Å². The highest BCUT2D eigenvalue weighted by Gasteiger charge is 2.00. The van der Waals surface area contributed by atoms with E-state index in [0.29, 0.717) is 10.1 Å². The fourth-order valence-corrected chi connectivity index (χ4v) is 1.72. The van der Waals surface area contributed by atoms with Gasteiger partial charge in [-0.25, -0.2) is 0 Å². The van der Waals surface area contributed by atoms with Crippen LogP contribution in [0.5, 0.6) is 0 Å². The summed E-state index contributed by atoms with van der Waals surface area (Å²) < 4.78 is 0. The summed E-state index contributed by atoms with van der Waals surface area (Å²) in [6.07, 6.45) is 1.05. The van der Waals surface area contributed by atoms with Crippen LogP contribution in [-0.2, 0) is 0 Å². The van der Waals surface area contributed by atoms with Crippen molar-refractivity contribution in [2.45, 2.75) is 6.42 Å². The van der Waals surface area contributed by atoms with Gasteiger partial charge in [0, 0.05) is 6.54 Å². The normalized spacial score (nSPS) is 10.4. The van der Waals surface area contributed by atoms with Crippen molar-refractivity contribution in [2.24, 2.45) is 0 Å². The zero-order valence-electron chi connectivity index (χ0n) is 10.2. The fraction of sp³-hybridized carbons (Fsp3) is 0.417. The fourth-order valence-electron chi connectivity index (χ4n) is 1.33. The second kappa shape index (κ2) is 7.48. The molecule has 0 aromatic heterocycles. The van der Waals surface area contributed by atoms with E-state index in [1.54, 1.807) is 0 Å². The highest BCUT2D eigenvalue weighted by atomic mass is 35.5. The number of hydrogen-bond acceptors (Lipinski definition) is 2. The van der Waals surface area contributed by atoms with Crippen LogP contribution >= 0.6 is 23.8 Å². The second-order valence-electron chi connectivity index (χ2n) is 4.02. The largest absolute Gasteiger partial charge is 0.362 e. The molecule has 0 saturated carbocycles. The van der Waals surface area contributed by atoms with Crippen molar-refractivity contribution in [3.8, 4) is 0 Å². The van der Waals surface area contributed by atoms with Crippen molar-refractivity contribution in [1.29, 1.82) is 0 Å². The molecule has 94 valence electrons. The summed E-state index contributed by atoms with van der Waals surface area (Å²) in [5, 5.41) is 7.50. The smallest absolute Gasteiger partial charge is 0.170 e. The summed E-state index contributed by atoms with van der Waals surface area (Å²) in [6.45, 7) is 1.90. The van der Waals surface area contributed by atoms with Crippen molar-refractivity contribution in [3.05, 3.63) is 29.3 Å². The zero-order chi connectivity index (χ0) is 12.7. The molecule has 1 aromatic carbocycles. The third-order valence-corrected chi connectivity index (χ3v) is 2.77. The van der Waals surface area contributed by atoms with Gasteiger partial charge >= 0.3 is 0 Å². The Labute approximate surface area is 113 Å². The Morgan fingerprint density at radius 2 is 2.06 bits per heavy atom. The van der Waals surface area contributed by atoms with Crippen LogP contribution in [0.4, 0.5) is 5.69 Å². The van der Waals surface area contributed by atoms with Crippen molar-refractivity contribution < 1.29 is 0 Å². The molecule has 1 rings (SSSR count). The number of rotatable bonds is 5. The van der Waals surface area contributed by atoms with E-state index >= 15 is 0 Å².